The van der Waals surface area contributed by atoms with Gasteiger partial charge in [0.2, 0.25) is 0 Å². The van der Waals surface area contributed by atoms with E-state index in [9.17, 15) is 5.11 Å². The fourth-order valence-corrected chi connectivity index (χ4v) is 2.51. The second-order valence-electron chi connectivity index (χ2n) is 5.53. The number of hydrogen-bond acceptors (Lipinski definition) is 2. The first-order valence-electron chi connectivity index (χ1n) is 6.60. The average molecular weight is 270 g/mol. The Bertz CT molecular complexity index is 369. The van der Waals surface area contributed by atoms with E-state index in [1.165, 1.54) is 0 Å². The van der Waals surface area contributed by atoms with Crippen molar-refractivity contribution in [1.82, 2.24) is 5.32 Å². The molecule has 1 aromatic carbocycles. The molecular formula is C15H24ClNO. The molecule has 2 N–H and O–H groups in total. The number of phenols is 1. The Balaban J connectivity index is 2.53. The van der Waals surface area contributed by atoms with Crippen LogP contribution < -0.4 is 5.32 Å². The zero-order chi connectivity index (χ0) is 13.7. The summed E-state index contributed by atoms with van der Waals surface area (Å²) in [5.41, 5.74) is 0.855. The van der Waals surface area contributed by atoms with E-state index in [0.29, 0.717) is 29.3 Å². The number of hydrogen-bond donors (Lipinski definition) is 2. The summed E-state index contributed by atoms with van der Waals surface area (Å²) in [6.07, 6.45) is 0. The molecule has 2 nitrogen and oxygen atoms in total. The van der Waals surface area contributed by atoms with Gasteiger partial charge in [-0.25, -0.2) is 0 Å². The topological polar surface area (TPSA) is 32.3 Å². The number of nitrogens with one attached hydrogen (secondary N) is 1. The number of benzene rings is 1. The van der Waals surface area contributed by atoms with Crippen LogP contribution in [0.15, 0.2) is 18.2 Å². The largest absolute Gasteiger partial charge is 0.506 e. The quantitative estimate of drug-likeness (QED) is 0.816. The van der Waals surface area contributed by atoms with Crippen molar-refractivity contribution in [2.24, 2.45) is 17.8 Å². The number of aromatic hydroxyl groups is 1. The van der Waals surface area contributed by atoms with Crippen molar-refractivity contribution in [2.75, 3.05) is 6.54 Å². The summed E-state index contributed by atoms with van der Waals surface area (Å²) in [5.74, 6) is 2.15. The van der Waals surface area contributed by atoms with E-state index >= 15 is 0 Å². The normalized spacial score (nSPS) is 11.8. The second-order valence-corrected chi connectivity index (χ2v) is 5.94. The van der Waals surface area contributed by atoms with E-state index in [1.807, 2.05) is 12.1 Å². The molecule has 1 aromatic rings. The molecule has 0 fully saturated rings. The zero-order valence-electron chi connectivity index (χ0n) is 11.7. The van der Waals surface area contributed by atoms with Crippen LogP contribution in [0.1, 0.15) is 33.3 Å². The van der Waals surface area contributed by atoms with E-state index in [2.05, 4.69) is 33.0 Å². The molecule has 0 spiro atoms. The standard InChI is InChI=1S/C15H24ClNO/c1-10(2)13(11(3)4)9-17-8-12-6-5-7-14(16)15(12)18/h5-7,10-11,13,17-18H,8-9H2,1-4H3. The van der Waals surface area contributed by atoms with Crippen molar-refractivity contribution in [2.45, 2.75) is 34.2 Å². The minimum Gasteiger partial charge on any atom is -0.506 e. The number of phenolic OH excluding ortho intramolecular Hbond substituents is 1. The summed E-state index contributed by atoms with van der Waals surface area (Å²) in [4.78, 5) is 0. The van der Waals surface area contributed by atoms with Gasteiger partial charge in [-0.3, -0.25) is 0 Å². The van der Waals surface area contributed by atoms with Gasteiger partial charge in [-0.15, -0.1) is 0 Å². The van der Waals surface area contributed by atoms with Crippen LogP contribution in [-0.4, -0.2) is 11.7 Å². The molecule has 3 heteroatoms. The smallest absolute Gasteiger partial charge is 0.138 e. The van der Waals surface area contributed by atoms with Gasteiger partial charge in [0.15, 0.2) is 0 Å². The molecule has 0 unspecified atom stereocenters. The number of para-hydroxylation sites is 1. The first kappa shape index (κ1) is 15.3. The van der Waals surface area contributed by atoms with E-state index in [0.717, 1.165) is 12.1 Å². The molecule has 0 saturated carbocycles. The van der Waals surface area contributed by atoms with Crippen LogP contribution in [0.5, 0.6) is 5.75 Å². The molecule has 0 radical (unpaired) electrons. The van der Waals surface area contributed by atoms with Gasteiger partial charge in [-0.05, 0) is 30.4 Å². The van der Waals surface area contributed by atoms with Crippen molar-refractivity contribution in [3.8, 4) is 5.75 Å². The molecule has 0 aliphatic heterocycles. The predicted molar refractivity (Wildman–Crippen MR) is 78.0 cm³/mol. The summed E-state index contributed by atoms with van der Waals surface area (Å²) < 4.78 is 0. The first-order chi connectivity index (χ1) is 8.43. The monoisotopic (exact) mass is 269 g/mol. The van der Waals surface area contributed by atoms with Gasteiger partial charge in [0, 0.05) is 12.1 Å². The summed E-state index contributed by atoms with van der Waals surface area (Å²) in [6.45, 7) is 10.6. The van der Waals surface area contributed by atoms with Crippen LogP contribution >= 0.6 is 11.6 Å². The third-order valence-corrected chi connectivity index (χ3v) is 3.78. The Morgan fingerprint density at radius 2 is 1.78 bits per heavy atom. The van der Waals surface area contributed by atoms with Crippen molar-refractivity contribution in [3.63, 3.8) is 0 Å². The average Bonchev–Trinajstić information content (AvgIpc) is 2.28. The Labute approximate surface area is 115 Å². The zero-order valence-corrected chi connectivity index (χ0v) is 12.5. The highest BCUT2D eigenvalue weighted by molar-refractivity contribution is 6.32. The molecule has 1 rings (SSSR count). The summed E-state index contributed by atoms with van der Waals surface area (Å²) in [7, 11) is 0. The van der Waals surface area contributed by atoms with Crippen LogP contribution in [0.25, 0.3) is 0 Å². The summed E-state index contributed by atoms with van der Waals surface area (Å²) in [5, 5.41) is 13.6. The molecule has 18 heavy (non-hydrogen) atoms. The van der Waals surface area contributed by atoms with Crippen molar-refractivity contribution >= 4 is 11.6 Å². The van der Waals surface area contributed by atoms with Crippen molar-refractivity contribution < 1.29 is 5.11 Å². The molecular weight excluding hydrogens is 246 g/mol. The third-order valence-electron chi connectivity index (χ3n) is 3.48. The number of rotatable bonds is 6. The van der Waals surface area contributed by atoms with Crippen LogP contribution in [0, 0.1) is 17.8 Å². The minimum absolute atomic E-state index is 0.192. The summed E-state index contributed by atoms with van der Waals surface area (Å²) >= 11 is 5.88. The number of halogens is 1. The van der Waals surface area contributed by atoms with E-state index in [1.54, 1.807) is 6.07 Å². The molecule has 0 bridgehead atoms. The molecule has 0 heterocycles. The first-order valence-corrected chi connectivity index (χ1v) is 6.98. The second kappa shape index (κ2) is 7.01. The lowest BCUT2D eigenvalue weighted by Crippen LogP contribution is -2.29. The van der Waals surface area contributed by atoms with Gasteiger partial charge in [0.1, 0.15) is 5.75 Å². The van der Waals surface area contributed by atoms with E-state index in [-0.39, 0.29) is 5.75 Å². The van der Waals surface area contributed by atoms with Gasteiger partial charge in [-0.2, -0.15) is 0 Å². The highest BCUT2D eigenvalue weighted by atomic mass is 35.5. The maximum atomic E-state index is 9.81. The van der Waals surface area contributed by atoms with Crippen LogP contribution in [0.2, 0.25) is 5.02 Å². The van der Waals surface area contributed by atoms with Gasteiger partial charge >= 0.3 is 0 Å². The highest BCUT2D eigenvalue weighted by Gasteiger charge is 2.17. The molecule has 0 aliphatic carbocycles. The van der Waals surface area contributed by atoms with Gasteiger partial charge in [-0.1, -0.05) is 51.4 Å². The van der Waals surface area contributed by atoms with Crippen LogP contribution in [0.3, 0.4) is 0 Å². The fourth-order valence-electron chi connectivity index (χ4n) is 2.32. The van der Waals surface area contributed by atoms with Gasteiger partial charge in [0.05, 0.1) is 5.02 Å². The Morgan fingerprint density at radius 1 is 1.17 bits per heavy atom. The molecule has 0 atom stereocenters. The molecule has 0 amide bonds. The maximum Gasteiger partial charge on any atom is 0.138 e. The van der Waals surface area contributed by atoms with Crippen molar-refractivity contribution in [1.29, 1.82) is 0 Å². The highest BCUT2D eigenvalue weighted by Crippen LogP contribution is 2.27. The Hall–Kier alpha value is -0.730. The minimum atomic E-state index is 0.192. The van der Waals surface area contributed by atoms with Gasteiger partial charge < -0.3 is 10.4 Å². The fraction of sp³-hybridized carbons (Fsp3) is 0.600. The lowest BCUT2D eigenvalue weighted by Gasteiger charge is -2.25. The Kier molecular flexibility index (Phi) is 5.97. The van der Waals surface area contributed by atoms with Crippen LogP contribution in [-0.2, 0) is 6.54 Å². The molecule has 0 aromatic heterocycles. The lowest BCUT2D eigenvalue weighted by atomic mass is 9.85. The molecule has 102 valence electrons. The lowest BCUT2D eigenvalue weighted by molar-refractivity contribution is 0.275. The maximum absolute atomic E-state index is 9.81. The van der Waals surface area contributed by atoms with E-state index in [4.69, 9.17) is 11.6 Å². The van der Waals surface area contributed by atoms with Crippen molar-refractivity contribution in [3.05, 3.63) is 28.8 Å². The third kappa shape index (κ3) is 4.18. The Morgan fingerprint density at radius 3 is 2.33 bits per heavy atom. The molecule has 0 saturated heterocycles. The van der Waals surface area contributed by atoms with E-state index < -0.39 is 0 Å². The molecule has 0 aliphatic rings. The van der Waals surface area contributed by atoms with Crippen LogP contribution in [0.4, 0.5) is 0 Å². The van der Waals surface area contributed by atoms with Gasteiger partial charge in [0.25, 0.3) is 0 Å². The SMILES string of the molecule is CC(C)C(CNCc1cccc(Cl)c1O)C(C)C. The predicted octanol–water partition coefficient (Wildman–Crippen LogP) is 4.06. The summed E-state index contributed by atoms with van der Waals surface area (Å²) in [6, 6.07) is 5.46.